The van der Waals surface area contributed by atoms with Gasteiger partial charge < -0.3 is 15.0 Å². The Balaban J connectivity index is 1.56. The van der Waals surface area contributed by atoms with Gasteiger partial charge in [-0.3, -0.25) is 14.4 Å². The lowest BCUT2D eigenvalue weighted by molar-refractivity contribution is -0.146. The predicted molar refractivity (Wildman–Crippen MR) is 123 cm³/mol. The first-order valence-electron chi connectivity index (χ1n) is 10.3. The summed E-state index contributed by atoms with van der Waals surface area (Å²) in [4.78, 5) is 38.8. The van der Waals surface area contributed by atoms with Crippen LogP contribution in [-0.2, 0) is 20.9 Å². The number of aryl methyl sites for hydroxylation is 2. The van der Waals surface area contributed by atoms with E-state index in [1.807, 2.05) is 80.6 Å². The number of esters is 1. The smallest absolute Gasteiger partial charge is 0.325 e. The highest BCUT2D eigenvalue weighted by Crippen LogP contribution is 2.17. The van der Waals surface area contributed by atoms with Crippen LogP contribution in [0.3, 0.4) is 0 Å². The number of para-hydroxylation sites is 1. The number of hydrogen-bond acceptors (Lipinski definition) is 4. The fourth-order valence-corrected chi connectivity index (χ4v) is 3.33. The summed E-state index contributed by atoms with van der Waals surface area (Å²) in [6.45, 7) is 3.42. The van der Waals surface area contributed by atoms with E-state index < -0.39 is 12.6 Å². The third kappa shape index (κ3) is 6.54. The molecule has 2 amide bonds. The fraction of sp³-hybridized carbons (Fsp3) is 0.192. The van der Waals surface area contributed by atoms with E-state index >= 15 is 0 Å². The zero-order valence-corrected chi connectivity index (χ0v) is 18.2. The SMILES string of the molecule is Cc1cc(C)cc(C(=O)NCC(=O)OCC(=O)N(Cc2ccccc2)c2ccccc2)c1. The van der Waals surface area contributed by atoms with Crippen LogP contribution in [0.5, 0.6) is 0 Å². The van der Waals surface area contributed by atoms with Gasteiger partial charge >= 0.3 is 5.97 Å². The Morgan fingerprint density at radius 1 is 0.844 bits per heavy atom. The highest BCUT2D eigenvalue weighted by Gasteiger charge is 2.18. The van der Waals surface area contributed by atoms with Crippen LogP contribution >= 0.6 is 0 Å². The number of nitrogens with one attached hydrogen (secondary N) is 1. The molecular formula is C26H26N2O4. The second kappa shape index (κ2) is 10.9. The number of carbonyl (C=O) groups excluding carboxylic acids is 3. The molecule has 1 N–H and O–H groups in total. The maximum Gasteiger partial charge on any atom is 0.325 e. The Hall–Kier alpha value is -3.93. The molecule has 0 aromatic heterocycles. The van der Waals surface area contributed by atoms with E-state index in [9.17, 15) is 14.4 Å². The first-order valence-corrected chi connectivity index (χ1v) is 10.3. The van der Waals surface area contributed by atoms with Gasteiger partial charge in [0.05, 0.1) is 6.54 Å². The van der Waals surface area contributed by atoms with Crippen molar-refractivity contribution < 1.29 is 19.1 Å². The standard InChI is InChI=1S/C26H26N2O4/c1-19-13-20(2)15-22(14-19)26(31)27-16-25(30)32-18-24(29)28(23-11-7-4-8-12-23)17-21-9-5-3-6-10-21/h3-15H,16-18H2,1-2H3,(H,27,31). The molecule has 3 aromatic rings. The molecule has 0 saturated carbocycles. The third-order valence-electron chi connectivity index (χ3n) is 4.79. The van der Waals surface area contributed by atoms with Crippen molar-refractivity contribution in [3.8, 4) is 0 Å². The summed E-state index contributed by atoms with van der Waals surface area (Å²) in [6, 6.07) is 24.2. The van der Waals surface area contributed by atoms with Crippen molar-refractivity contribution in [3.05, 3.63) is 101 Å². The third-order valence-corrected chi connectivity index (χ3v) is 4.79. The number of nitrogens with zero attached hydrogens (tertiary/aromatic N) is 1. The summed E-state index contributed by atoms with van der Waals surface area (Å²) >= 11 is 0. The normalized spacial score (nSPS) is 10.3. The van der Waals surface area contributed by atoms with Gasteiger partial charge in [0.2, 0.25) is 0 Å². The highest BCUT2D eigenvalue weighted by atomic mass is 16.5. The number of carbonyl (C=O) groups is 3. The summed E-state index contributed by atoms with van der Waals surface area (Å²) in [7, 11) is 0. The van der Waals surface area contributed by atoms with E-state index in [2.05, 4.69) is 5.32 Å². The number of rotatable bonds is 8. The molecule has 0 saturated heterocycles. The van der Waals surface area contributed by atoms with Gasteiger partial charge in [-0.05, 0) is 43.7 Å². The van der Waals surface area contributed by atoms with Crippen LogP contribution in [0.4, 0.5) is 5.69 Å². The summed E-state index contributed by atoms with van der Waals surface area (Å²) in [5.41, 5.74) is 4.06. The molecule has 0 aliphatic carbocycles. The Kier molecular flexibility index (Phi) is 7.75. The van der Waals surface area contributed by atoms with Crippen LogP contribution < -0.4 is 10.2 Å². The lowest BCUT2D eigenvalue weighted by Crippen LogP contribution is -2.36. The zero-order valence-electron chi connectivity index (χ0n) is 18.2. The number of hydrogen-bond donors (Lipinski definition) is 1. The maximum atomic E-state index is 12.8. The minimum Gasteiger partial charge on any atom is -0.454 e. The lowest BCUT2D eigenvalue weighted by atomic mass is 10.1. The molecule has 0 spiro atoms. The van der Waals surface area contributed by atoms with Crippen molar-refractivity contribution in [2.75, 3.05) is 18.1 Å². The molecule has 0 aliphatic rings. The van der Waals surface area contributed by atoms with E-state index in [4.69, 9.17) is 4.74 Å². The number of ether oxygens (including phenoxy) is 1. The van der Waals surface area contributed by atoms with Gasteiger partial charge in [0, 0.05) is 11.3 Å². The van der Waals surface area contributed by atoms with E-state index in [1.165, 1.54) is 0 Å². The van der Waals surface area contributed by atoms with Crippen LogP contribution in [0.15, 0.2) is 78.9 Å². The molecule has 0 atom stereocenters. The first kappa shape index (κ1) is 22.7. The maximum absolute atomic E-state index is 12.8. The van der Waals surface area contributed by atoms with E-state index in [0.717, 1.165) is 16.7 Å². The van der Waals surface area contributed by atoms with Crippen molar-refractivity contribution in [1.82, 2.24) is 5.32 Å². The van der Waals surface area contributed by atoms with E-state index in [-0.39, 0.29) is 18.4 Å². The molecular weight excluding hydrogens is 404 g/mol. The Labute approximate surface area is 187 Å². The van der Waals surface area contributed by atoms with Gasteiger partial charge in [-0.15, -0.1) is 0 Å². The van der Waals surface area contributed by atoms with Crippen molar-refractivity contribution >= 4 is 23.5 Å². The molecule has 0 aliphatic heterocycles. The highest BCUT2D eigenvalue weighted by molar-refractivity contribution is 5.97. The van der Waals surface area contributed by atoms with Gasteiger partial charge in [0.25, 0.3) is 11.8 Å². The van der Waals surface area contributed by atoms with Crippen molar-refractivity contribution in [2.24, 2.45) is 0 Å². The molecule has 0 unspecified atom stereocenters. The molecule has 3 aromatic carbocycles. The molecule has 0 bridgehead atoms. The minimum atomic E-state index is -0.677. The van der Waals surface area contributed by atoms with Gasteiger partial charge in [-0.2, -0.15) is 0 Å². The largest absolute Gasteiger partial charge is 0.454 e. The van der Waals surface area contributed by atoms with Crippen LogP contribution in [0, 0.1) is 13.8 Å². The minimum absolute atomic E-state index is 0.316. The molecule has 32 heavy (non-hydrogen) atoms. The number of amides is 2. The predicted octanol–water partition coefficient (Wildman–Crippen LogP) is 3.81. The molecule has 0 radical (unpaired) electrons. The van der Waals surface area contributed by atoms with Gasteiger partial charge in [0.1, 0.15) is 6.54 Å². The first-order chi connectivity index (χ1) is 15.4. The molecule has 0 fully saturated rings. The average molecular weight is 431 g/mol. The molecule has 0 heterocycles. The molecule has 6 heteroatoms. The summed E-state index contributed by atoms with van der Waals surface area (Å²) < 4.78 is 5.13. The van der Waals surface area contributed by atoms with E-state index in [1.54, 1.807) is 17.0 Å². The summed E-state index contributed by atoms with van der Waals surface area (Å²) in [5, 5.41) is 2.54. The van der Waals surface area contributed by atoms with Gasteiger partial charge in [-0.25, -0.2) is 0 Å². The Morgan fingerprint density at radius 3 is 2.06 bits per heavy atom. The van der Waals surface area contributed by atoms with Crippen molar-refractivity contribution in [2.45, 2.75) is 20.4 Å². The molecule has 3 rings (SSSR count). The lowest BCUT2D eigenvalue weighted by Gasteiger charge is -2.23. The zero-order chi connectivity index (χ0) is 22.9. The second-order valence-electron chi connectivity index (χ2n) is 7.52. The van der Waals surface area contributed by atoms with Crippen molar-refractivity contribution in [1.29, 1.82) is 0 Å². The second-order valence-corrected chi connectivity index (χ2v) is 7.52. The topological polar surface area (TPSA) is 75.7 Å². The van der Waals surface area contributed by atoms with Crippen LogP contribution in [-0.4, -0.2) is 30.9 Å². The number of benzene rings is 3. The Bertz CT molecular complexity index is 1060. The van der Waals surface area contributed by atoms with Crippen molar-refractivity contribution in [3.63, 3.8) is 0 Å². The number of anilines is 1. The fourth-order valence-electron chi connectivity index (χ4n) is 3.33. The van der Waals surface area contributed by atoms with Crippen LogP contribution in [0.25, 0.3) is 0 Å². The quantitative estimate of drug-likeness (QED) is 0.552. The molecule has 6 nitrogen and oxygen atoms in total. The summed E-state index contributed by atoms with van der Waals surface area (Å²) in [5.74, 6) is -1.40. The Morgan fingerprint density at radius 2 is 1.44 bits per heavy atom. The summed E-state index contributed by atoms with van der Waals surface area (Å²) in [6.07, 6.45) is 0. The average Bonchev–Trinajstić information content (AvgIpc) is 2.80. The monoisotopic (exact) mass is 430 g/mol. The van der Waals surface area contributed by atoms with Crippen LogP contribution in [0.1, 0.15) is 27.0 Å². The van der Waals surface area contributed by atoms with E-state index in [0.29, 0.717) is 17.8 Å². The van der Waals surface area contributed by atoms with Gasteiger partial charge in [-0.1, -0.05) is 65.7 Å². The van der Waals surface area contributed by atoms with Gasteiger partial charge in [0.15, 0.2) is 6.61 Å². The molecule has 164 valence electrons. The van der Waals surface area contributed by atoms with Crippen LogP contribution in [0.2, 0.25) is 0 Å².